The van der Waals surface area contributed by atoms with Crippen molar-refractivity contribution in [3.63, 3.8) is 0 Å². The van der Waals surface area contributed by atoms with Gasteiger partial charge in [-0.1, -0.05) is 0 Å². The maximum Gasteiger partial charge on any atom is 0.134 e. The molecular weight excluding hydrogens is 222 g/mol. The molecule has 0 unspecified atom stereocenters. The molecule has 0 aromatic carbocycles. The number of nitrogens with one attached hydrogen (secondary N) is 1. The Kier molecular flexibility index (Phi) is 6.45. The Hall–Kier alpha value is -0.580. The highest BCUT2D eigenvalue weighted by Gasteiger charge is 2.02. The van der Waals surface area contributed by atoms with Crippen LogP contribution in [-0.4, -0.2) is 26.4 Å². The Balaban J connectivity index is 2.07. The Morgan fingerprint density at radius 1 is 1.44 bits per heavy atom. The molecule has 1 N–H and O–H groups in total. The number of hydrogen-bond acceptors (Lipinski definition) is 4. The van der Waals surface area contributed by atoms with Crippen LogP contribution in [0.4, 0.5) is 0 Å². The Labute approximate surface area is 102 Å². The normalized spacial score (nSPS) is 11.0. The zero-order valence-electron chi connectivity index (χ0n) is 10.3. The van der Waals surface area contributed by atoms with Gasteiger partial charge in [0.05, 0.1) is 18.1 Å². The lowest BCUT2D eigenvalue weighted by Crippen LogP contribution is -2.17. The fourth-order valence-corrected chi connectivity index (χ4v) is 2.17. The summed E-state index contributed by atoms with van der Waals surface area (Å²) in [5.74, 6) is 0.982. The Morgan fingerprint density at radius 3 is 2.94 bits per heavy atom. The van der Waals surface area contributed by atoms with Crippen molar-refractivity contribution in [3.05, 3.63) is 16.3 Å². The van der Waals surface area contributed by atoms with E-state index in [0.29, 0.717) is 6.10 Å². The summed E-state index contributed by atoms with van der Waals surface area (Å²) in [7, 11) is 1.71. The number of hydrogen-bond donors (Lipinski definition) is 1. The molecule has 0 atom stereocenters. The van der Waals surface area contributed by atoms with Crippen molar-refractivity contribution in [2.24, 2.45) is 0 Å². The first-order valence-corrected chi connectivity index (χ1v) is 6.54. The molecule has 4 heteroatoms. The average molecular weight is 243 g/mol. The van der Waals surface area contributed by atoms with Gasteiger partial charge in [0.2, 0.25) is 0 Å². The van der Waals surface area contributed by atoms with E-state index in [0.717, 1.165) is 31.9 Å². The van der Waals surface area contributed by atoms with Crippen LogP contribution in [0.2, 0.25) is 0 Å². The molecule has 1 aromatic rings. The van der Waals surface area contributed by atoms with Crippen LogP contribution < -0.4 is 10.1 Å². The van der Waals surface area contributed by atoms with E-state index >= 15 is 0 Å². The molecule has 0 saturated carbocycles. The molecule has 0 fully saturated rings. The number of rotatable bonds is 8. The van der Waals surface area contributed by atoms with Gasteiger partial charge < -0.3 is 14.8 Å². The van der Waals surface area contributed by atoms with E-state index < -0.39 is 0 Å². The summed E-state index contributed by atoms with van der Waals surface area (Å²) >= 11 is 1.72. The molecule has 1 aromatic heterocycles. The molecule has 0 saturated heterocycles. The first kappa shape index (κ1) is 13.5. The van der Waals surface area contributed by atoms with Crippen molar-refractivity contribution in [3.8, 4) is 5.75 Å². The smallest absolute Gasteiger partial charge is 0.134 e. The van der Waals surface area contributed by atoms with Crippen molar-refractivity contribution in [1.82, 2.24) is 5.32 Å². The van der Waals surface area contributed by atoms with E-state index in [4.69, 9.17) is 9.47 Å². The van der Waals surface area contributed by atoms with Crippen LogP contribution in [-0.2, 0) is 11.3 Å². The van der Waals surface area contributed by atoms with Gasteiger partial charge in [-0.3, -0.25) is 0 Å². The highest BCUT2D eigenvalue weighted by atomic mass is 32.1. The molecule has 0 aliphatic rings. The third-order valence-electron chi connectivity index (χ3n) is 2.16. The van der Waals surface area contributed by atoms with E-state index in [1.807, 2.05) is 6.07 Å². The van der Waals surface area contributed by atoms with Crippen LogP contribution in [0.1, 0.15) is 25.1 Å². The zero-order valence-corrected chi connectivity index (χ0v) is 11.1. The lowest BCUT2D eigenvalue weighted by Gasteiger charge is -2.08. The molecule has 3 nitrogen and oxygen atoms in total. The zero-order chi connectivity index (χ0) is 11.8. The molecule has 0 aliphatic heterocycles. The standard InChI is InChI=1S/C12H21NO2S/c1-10(2)15-7-4-6-13-9-12-11(14-3)5-8-16-12/h5,8,10,13H,4,6-7,9H2,1-3H3. The van der Waals surface area contributed by atoms with Gasteiger partial charge in [0.15, 0.2) is 0 Å². The van der Waals surface area contributed by atoms with Crippen LogP contribution >= 0.6 is 11.3 Å². The quantitative estimate of drug-likeness (QED) is 0.712. The van der Waals surface area contributed by atoms with Crippen molar-refractivity contribution >= 4 is 11.3 Å². The Morgan fingerprint density at radius 2 is 2.25 bits per heavy atom. The highest BCUT2D eigenvalue weighted by Crippen LogP contribution is 2.23. The number of thiophene rings is 1. The van der Waals surface area contributed by atoms with Gasteiger partial charge in [-0.05, 0) is 38.3 Å². The fourth-order valence-electron chi connectivity index (χ4n) is 1.36. The summed E-state index contributed by atoms with van der Waals surface area (Å²) in [4.78, 5) is 1.26. The maximum absolute atomic E-state index is 5.46. The van der Waals surface area contributed by atoms with E-state index in [9.17, 15) is 0 Å². The molecule has 0 amide bonds. The lowest BCUT2D eigenvalue weighted by atomic mass is 10.4. The van der Waals surface area contributed by atoms with Crippen molar-refractivity contribution in [2.45, 2.75) is 32.9 Å². The second-order valence-corrected chi connectivity index (χ2v) is 4.86. The predicted molar refractivity (Wildman–Crippen MR) is 68.3 cm³/mol. The summed E-state index contributed by atoms with van der Waals surface area (Å²) in [5, 5.41) is 5.44. The first-order valence-electron chi connectivity index (χ1n) is 5.66. The summed E-state index contributed by atoms with van der Waals surface area (Å²) < 4.78 is 10.7. The van der Waals surface area contributed by atoms with E-state index in [1.54, 1.807) is 18.4 Å². The molecule has 0 radical (unpaired) electrons. The second-order valence-electron chi connectivity index (χ2n) is 3.86. The van der Waals surface area contributed by atoms with Gasteiger partial charge in [-0.15, -0.1) is 11.3 Å². The van der Waals surface area contributed by atoms with Gasteiger partial charge in [-0.25, -0.2) is 0 Å². The van der Waals surface area contributed by atoms with Gasteiger partial charge in [0.25, 0.3) is 0 Å². The van der Waals surface area contributed by atoms with Gasteiger partial charge in [0, 0.05) is 13.2 Å². The third-order valence-corrected chi connectivity index (χ3v) is 3.06. The monoisotopic (exact) mass is 243 g/mol. The summed E-state index contributed by atoms with van der Waals surface area (Å²) in [5.41, 5.74) is 0. The second kappa shape index (κ2) is 7.65. The molecule has 0 aliphatic carbocycles. The van der Waals surface area contributed by atoms with Crippen LogP contribution in [0, 0.1) is 0 Å². The molecule has 1 heterocycles. The minimum absolute atomic E-state index is 0.331. The topological polar surface area (TPSA) is 30.5 Å². The van der Waals surface area contributed by atoms with Crippen molar-refractivity contribution < 1.29 is 9.47 Å². The lowest BCUT2D eigenvalue weighted by molar-refractivity contribution is 0.0770. The molecule has 16 heavy (non-hydrogen) atoms. The largest absolute Gasteiger partial charge is 0.496 e. The highest BCUT2D eigenvalue weighted by molar-refractivity contribution is 7.10. The Bertz CT molecular complexity index is 286. The molecule has 1 rings (SSSR count). The summed E-state index contributed by atoms with van der Waals surface area (Å²) in [6.07, 6.45) is 1.38. The summed E-state index contributed by atoms with van der Waals surface area (Å²) in [6.45, 7) is 6.80. The van der Waals surface area contributed by atoms with Crippen LogP contribution in [0.5, 0.6) is 5.75 Å². The van der Waals surface area contributed by atoms with Gasteiger partial charge >= 0.3 is 0 Å². The van der Waals surface area contributed by atoms with Gasteiger partial charge in [0.1, 0.15) is 5.75 Å². The molecule has 0 spiro atoms. The van der Waals surface area contributed by atoms with E-state index in [1.165, 1.54) is 4.88 Å². The van der Waals surface area contributed by atoms with Crippen molar-refractivity contribution in [2.75, 3.05) is 20.3 Å². The molecule has 92 valence electrons. The van der Waals surface area contributed by atoms with Crippen LogP contribution in [0.15, 0.2) is 11.4 Å². The van der Waals surface area contributed by atoms with E-state index in [2.05, 4.69) is 24.5 Å². The summed E-state index contributed by atoms with van der Waals surface area (Å²) in [6, 6.07) is 2.00. The first-order chi connectivity index (χ1) is 7.74. The minimum atomic E-state index is 0.331. The maximum atomic E-state index is 5.46. The minimum Gasteiger partial charge on any atom is -0.496 e. The fraction of sp³-hybridized carbons (Fsp3) is 0.667. The van der Waals surface area contributed by atoms with Crippen LogP contribution in [0.3, 0.4) is 0 Å². The van der Waals surface area contributed by atoms with E-state index in [-0.39, 0.29) is 0 Å². The van der Waals surface area contributed by atoms with Gasteiger partial charge in [-0.2, -0.15) is 0 Å². The van der Waals surface area contributed by atoms with Crippen molar-refractivity contribution in [1.29, 1.82) is 0 Å². The van der Waals surface area contributed by atoms with Crippen LogP contribution in [0.25, 0.3) is 0 Å². The third kappa shape index (κ3) is 4.96. The number of ether oxygens (including phenoxy) is 2. The average Bonchev–Trinajstić information content (AvgIpc) is 2.70. The number of methoxy groups -OCH3 is 1. The SMILES string of the molecule is COc1ccsc1CNCCCOC(C)C. The molecular formula is C12H21NO2S. The predicted octanol–water partition coefficient (Wildman–Crippen LogP) is 2.66. The molecule has 0 bridgehead atoms.